The van der Waals surface area contributed by atoms with Crippen LogP contribution in [0, 0.1) is 18.3 Å². The molecular weight excluding hydrogens is 409 g/mol. The second-order valence-electron chi connectivity index (χ2n) is 6.73. The molecule has 0 atom stereocenters. The lowest BCUT2D eigenvalue weighted by molar-refractivity contribution is -0.137. The van der Waals surface area contributed by atoms with E-state index in [1.807, 2.05) is 6.07 Å². The maximum absolute atomic E-state index is 13.5. The first kappa shape index (κ1) is 21.8. The van der Waals surface area contributed by atoms with Crippen molar-refractivity contribution < 1.29 is 18.0 Å². The first-order valence-electron chi connectivity index (χ1n) is 9.20. The SMILES string of the molecule is Cc1cc(=O)c(C(=O)N(CC#N)Cc2ccccc2)nn1-c1ccccc1C(F)(F)F. The van der Waals surface area contributed by atoms with E-state index in [-0.39, 0.29) is 24.5 Å². The Hall–Kier alpha value is -3.93. The number of aryl methyl sites for hydroxylation is 1. The van der Waals surface area contributed by atoms with E-state index in [9.17, 15) is 22.8 Å². The maximum Gasteiger partial charge on any atom is 0.418 e. The largest absolute Gasteiger partial charge is 0.418 e. The summed E-state index contributed by atoms with van der Waals surface area (Å²) in [5.41, 5.74) is -1.70. The van der Waals surface area contributed by atoms with Crippen LogP contribution in [0.2, 0.25) is 0 Å². The highest BCUT2D eigenvalue weighted by atomic mass is 19.4. The Kier molecular flexibility index (Phi) is 6.20. The highest BCUT2D eigenvalue weighted by Crippen LogP contribution is 2.33. The standard InChI is InChI=1S/C22H17F3N4O2/c1-15-13-19(30)20(21(31)28(12-11-26)14-16-7-3-2-4-8-16)27-29(15)18-10-6-5-9-17(18)22(23,24)25/h2-10,13H,12,14H2,1H3. The number of amides is 1. The molecule has 0 unspecified atom stereocenters. The summed E-state index contributed by atoms with van der Waals surface area (Å²) >= 11 is 0. The zero-order valence-corrected chi connectivity index (χ0v) is 16.4. The molecule has 0 saturated heterocycles. The molecule has 2 aromatic carbocycles. The van der Waals surface area contributed by atoms with Gasteiger partial charge in [0, 0.05) is 18.3 Å². The molecule has 1 heterocycles. The molecule has 1 amide bonds. The molecule has 0 fully saturated rings. The van der Waals surface area contributed by atoms with Crippen molar-refractivity contribution in [2.45, 2.75) is 19.6 Å². The molecule has 0 aliphatic carbocycles. The minimum absolute atomic E-state index is 0.0430. The molecule has 0 saturated carbocycles. The van der Waals surface area contributed by atoms with Crippen molar-refractivity contribution in [3.63, 3.8) is 0 Å². The van der Waals surface area contributed by atoms with Gasteiger partial charge in [-0.3, -0.25) is 9.59 Å². The van der Waals surface area contributed by atoms with Crippen molar-refractivity contribution in [3.05, 3.63) is 93.4 Å². The molecule has 31 heavy (non-hydrogen) atoms. The summed E-state index contributed by atoms with van der Waals surface area (Å²) in [4.78, 5) is 26.6. The van der Waals surface area contributed by atoms with Crippen LogP contribution in [0.15, 0.2) is 65.5 Å². The molecule has 0 radical (unpaired) electrons. The summed E-state index contributed by atoms with van der Waals surface area (Å²) in [5.74, 6) is -0.839. The first-order chi connectivity index (χ1) is 14.7. The van der Waals surface area contributed by atoms with Gasteiger partial charge in [0.2, 0.25) is 5.43 Å². The molecule has 0 N–H and O–H groups in total. The van der Waals surface area contributed by atoms with Crippen LogP contribution in [0.1, 0.15) is 27.3 Å². The third-order valence-corrected chi connectivity index (χ3v) is 4.51. The average Bonchev–Trinajstić information content (AvgIpc) is 2.73. The van der Waals surface area contributed by atoms with Gasteiger partial charge in [-0.1, -0.05) is 42.5 Å². The van der Waals surface area contributed by atoms with Crippen LogP contribution in [0.3, 0.4) is 0 Å². The Morgan fingerprint density at radius 3 is 2.42 bits per heavy atom. The van der Waals surface area contributed by atoms with E-state index in [0.717, 1.165) is 27.3 Å². The average molecular weight is 426 g/mol. The van der Waals surface area contributed by atoms with Crippen molar-refractivity contribution in [1.29, 1.82) is 5.26 Å². The van der Waals surface area contributed by atoms with Crippen molar-refractivity contribution in [2.24, 2.45) is 0 Å². The Morgan fingerprint density at radius 2 is 1.77 bits per heavy atom. The molecule has 3 rings (SSSR count). The van der Waals surface area contributed by atoms with Crippen molar-refractivity contribution >= 4 is 5.91 Å². The van der Waals surface area contributed by atoms with Gasteiger partial charge in [-0.25, -0.2) is 4.68 Å². The molecule has 3 aromatic rings. The lowest BCUT2D eigenvalue weighted by Crippen LogP contribution is -2.36. The lowest BCUT2D eigenvalue weighted by Gasteiger charge is -2.20. The Balaban J connectivity index is 2.08. The van der Waals surface area contributed by atoms with Crippen LogP contribution in [0.5, 0.6) is 0 Å². The molecule has 6 nitrogen and oxygen atoms in total. The maximum atomic E-state index is 13.5. The van der Waals surface area contributed by atoms with Crippen molar-refractivity contribution in [1.82, 2.24) is 14.7 Å². The number of aromatic nitrogens is 2. The van der Waals surface area contributed by atoms with Gasteiger partial charge in [-0.15, -0.1) is 0 Å². The van der Waals surface area contributed by atoms with Gasteiger partial charge in [-0.2, -0.15) is 23.5 Å². The molecule has 1 aromatic heterocycles. The Morgan fingerprint density at radius 1 is 1.13 bits per heavy atom. The van der Waals surface area contributed by atoms with Gasteiger partial charge in [0.05, 0.1) is 17.3 Å². The van der Waals surface area contributed by atoms with Crippen molar-refractivity contribution in [3.8, 4) is 11.8 Å². The van der Waals surface area contributed by atoms with Crippen LogP contribution in [0.4, 0.5) is 13.2 Å². The smallest absolute Gasteiger partial charge is 0.319 e. The molecule has 0 aliphatic rings. The van der Waals surface area contributed by atoms with Crippen LogP contribution >= 0.6 is 0 Å². The van der Waals surface area contributed by atoms with E-state index in [2.05, 4.69) is 5.10 Å². The van der Waals surface area contributed by atoms with Gasteiger partial charge in [0.1, 0.15) is 6.54 Å². The minimum Gasteiger partial charge on any atom is -0.319 e. The monoisotopic (exact) mass is 426 g/mol. The fourth-order valence-corrected chi connectivity index (χ4v) is 3.08. The highest BCUT2D eigenvalue weighted by molar-refractivity contribution is 5.92. The number of rotatable bonds is 5. The summed E-state index contributed by atoms with van der Waals surface area (Å²) in [6, 6.07) is 16.5. The summed E-state index contributed by atoms with van der Waals surface area (Å²) in [6.07, 6.45) is -4.65. The third-order valence-electron chi connectivity index (χ3n) is 4.51. The number of benzene rings is 2. The highest BCUT2D eigenvalue weighted by Gasteiger charge is 2.34. The summed E-state index contributed by atoms with van der Waals surface area (Å²) in [5, 5.41) is 13.1. The first-order valence-corrected chi connectivity index (χ1v) is 9.20. The minimum atomic E-state index is -4.65. The Bertz CT molecular complexity index is 1200. The summed E-state index contributed by atoms with van der Waals surface area (Å²) in [7, 11) is 0. The molecule has 158 valence electrons. The van der Waals surface area contributed by atoms with E-state index >= 15 is 0 Å². The molecule has 0 spiro atoms. The van der Waals surface area contributed by atoms with E-state index < -0.39 is 28.8 Å². The number of nitriles is 1. The zero-order valence-electron chi connectivity index (χ0n) is 16.4. The van der Waals surface area contributed by atoms with Crippen molar-refractivity contribution in [2.75, 3.05) is 6.54 Å². The molecule has 0 aliphatic heterocycles. The number of alkyl halides is 3. The second-order valence-corrected chi connectivity index (χ2v) is 6.73. The van der Waals surface area contributed by atoms with Crippen LogP contribution in [-0.4, -0.2) is 27.1 Å². The molecule has 9 heteroatoms. The van der Waals surface area contributed by atoms with E-state index in [1.165, 1.54) is 25.1 Å². The summed E-state index contributed by atoms with van der Waals surface area (Å²) in [6.45, 7) is 1.15. The number of carbonyl (C=O) groups is 1. The number of hydrogen-bond acceptors (Lipinski definition) is 4. The third kappa shape index (κ3) is 4.80. The molecular formula is C22H17F3N4O2. The van der Waals surface area contributed by atoms with Crippen LogP contribution in [-0.2, 0) is 12.7 Å². The molecule has 0 bridgehead atoms. The van der Waals surface area contributed by atoms with E-state index in [1.54, 1.807) is 30.3 Å². The zero-order chi connectivity index (χ0) is 22.6. The van der Waals surface area contributed by atoms with E-state index in [4.69, 9.17) is 5.26 Å². The lowest BCUT2D eigenvalue weighted by atomic mass is 10.1. The normalized spacial score (nSPS) is 11.1. The number of carbonyl (C=O) groups excluding carboxylic acids is 1. The van der Waals surface area contributed by atoms with Gasteiger partial charge < -0.3 is 4.90 Å². The van der Waals surface area contributed by atoms with Gasteiger partial charge in [-0.05, 0) is 24.6 Å². The number of halogens is 3. The van der Waals surface area contributed by atoms with E-state index in [0.29, 0.717) is 0 Å². The fraction of sp³-hybridized carbons (Fsp3) is 0.182. The van der Waals surface area contributed by atoms with Crippen LogP contribution < -0.4 is 5.43 Å². The number of para-hydroxylation sites is 1. The topological polar surface area (TPSA) is 79.0 Å². The fourth-order valence-electron chi connectivity index (χ4n) is 3.08. The number of hydrogen-bond donors (Lipinski definition) is 0. The predicted molar refractivity (Wildman–Crippen MR) is 106 cm³/mol. The number of nitrogens with zero attached hydrogens (tertiary/aromatic N) is 4. The van der Waals surface area contributed by atoms with Gasteiger partial charge in [0.25, 0.3) is 5.91 Å². The predicted octanol–water partition coefficient (Wildman–Crippen LogP) is 3.73. The summed E-state index contributed by atoms with van der Waals surface area (Å²) < 4.78 is 41.3. The second kappa shape index (κ2) is 8.83. The van der Waals surface area contributed by atoms with Crippen LogP contribution in [0.25, 0.3) is 5.69 Å². The van der Waals surface area contributed by atoms with Gasteiger partial charge in [0.15, 0.2) is 5.69 Å². The Labute approximate surface area is 175 Å². The van der Waals surface area contributed by atoms with Gasteiger partial charge >= 0.3 is 6.18 Å². The quantitative estimate of drug-likeness (QED) is 0.583.